The van der Waals surface area contributed by atoms with Crippen LogP contribution in [-0.4, -0.2) is 44.6 Å². The Kier molecular flexibility index (Phi) is 6.50. The number of imidazole rings is 1. The molecule has 0 bridgehead atoms. The van der Waals surface area contributed by atoms with Gasteiger partial charge in [0.05, 0.1) is 32.2 Å². The predicted octanol–water partition coefficient (Wildman–Crippen LogP) is 4.29. The van der Waals surface area contributed by atoms with Crippen LogP contribution in [0.3, 0.4) is 0 Å². The summed E-state index contributed by atoms with van der Waals surface area (Å²) >= 11 is 0. The zero-order valence-corrected chi connectivity index (χ0v) is 20.8. The van der Waals surface area contributed by atoms with Crippen LogP contribution in [0.15, 0.2) is 67.0 Å². The quantitative estimate of drug-likeness (QED) is 0.381. The highest BCUT2D eigenvalue weighted by Gasteiger charge is 2.57. The lowest BCUT2D eigenvalue weighted by molar-refractivity contribution is -0.116. The molecule has 1 spiro atoms. The monoisotopic (exact) mass is 501 g/mol. The van der Waals surface area contributed by atoms with Gasteiger partial charge in [-0.25, -0.2) is 4.98 Å². The van der Waals surface area contributed by atoms with Crippen LogP contribution in [0, 0.1) is 5.92 Å². The van der Waals surface area contributed by atoms with Crippen molar-refractivity contribution in [1.82, 2.24) is 19.5 Å². The first-order valence-corrected chi connectivity index (χ1v) is 12.7. The molecule has 1 unspecified atom stereocenters. The second-order valence-corrected chi connectivity index (χ2v) is 9.73. The third-order valence-electron chi connectivity index (χ3n) is 7.36. The van der Waals surface area contributed by atoms with E-state index in [1.54, 1.807) is 6.33 Å². The average molecular weight is 502 g/mol. The summed E-state index contributed by atoms with van der Waals surface area (Å²) in [5.41, 5.74) is 8.97. The maximum atomic E-state index is 6.52. The van der Waals surface area contributed by atoms with Crippen molar-refractivity contribution in [2.45, 2.75) is 50.9 Å². The number of benzene rings is 2. The van der Waals surface area contributed by atoms with E-state index in [1.165, 1.54) is 0 Å². The van der Waals surface area contributed by atoms with Crippen LogP contribution in [0.5, 0.6) is 5.88 Å². The second-order valence-electron chi connectivity index (χ2n) is 9.73. The lowest BCUT2D eigenvalue weighted by atomic mass is 9.89. The van der Waals surface area contributed by atoms with Crippen molar-refractivity contribution in [2.24, 2.45) is 5.92 Å². The average Bonchev–Trinajstić information content (AvgIpc) is 3.61. The fraction of sp³-hybridized carbons (Fsp3) is 0.393. The SMILES string of the molecule is CC1OC[C@]2(O1)[C@H](COCc1ccccc1)CC[C@@H]2n1cnc2c(OCc3ccccc3)nc(N)nc21. The van der Waals surface area contributed by atoms with E-state index in [-0.39, 0.29) is 24.2 Å². The molecule has 4 atom stereocenters. The lowest BCUT2D eigenvalue weighted by Crippen LogP contribution is -2.45. The van der Waals surface area contributed by atoms with Crippen LogP contribution in [-0.2, 0) is 27.4 Å². The van der Waals surface area contributed by atoms with Gasteiger partial charge in [0.15, 0.2) is 17.5 Å². The molecule has 1 aliphatic carbocycles. The normalized spacial score (nSPS) is 25.3. The summed E-state index contributed by atoms with van der Waals surface area (Å²) < 4.78 is 26.7. The van der Waals surface area contributed by atoms with Crippen LogP contribution in [0.4, 0.5) is 5.95 Å². The van der Waals surface area contributed by atoms with E-state index in [0.717, 1.165) is 24.0 Å². The number of hydrogen-bond donors (Lipinski definition) is 1. The Balaban J connectivity index is 1.26. The standard InChI is InChI=1S/C28H31N5O4/c1-19-36-17-28(37-19)22(16-34-14-20-8-4-2-5-9-20)12-13-23(28)33-18-30-24-25(33)31-27(29)32-26(24)35-15-21-10-6-3-7-11-21/h2-11,18-19,22-23H,12-17H2,1H3,(H2,29,31,32)/t19?,22-,23-,28-/m0/s1. The molecule has 2 fully saturated rings. The molecule has 2 N–H and O–H groups in total. The van der Waals surface area contributed by atoms with Crippen LogP contribution in [0.1, 0.15) is 36.9 Å². The van der Waals surface area contributed by atoms with Gasteiger partial charge in [-0.2, -0.15) is 9.97 Å². The molecule has 1 saturated carbocycles. The van der Waals surface area contributed by atoms with Crippen LogP contribution >= 0.6 is 0 Å². The number of nitrogens with zero attached hydrogens (tertiary/aromatic N) is 4. The van der Waals surface area contributed by atoms with Crippen molar-refractivity contribution in [3.8, 4) is 5.88 Å². The van der Waals surface area contributed by atoms with E-state index in [4.69, 9.17) is 24.7 Å². The zero-order chi connectivity index (χ0) is 25.2. The Hall–Kier alpha value is -3.53. The number of anilines is 1. The van der Waals surface area contributed by atoms with Crippen molar-refractivity contribution < 1.29 is 18.9 Å². The third kappa shape index (κ3) is 4.66. The highest BCUT2D eigenvalue weighted by Crippen LogP contribution is 2.51. The molecule has 0 amide bonds. The molecule has 4 aromatic rings. The van der Waals surface area contributed by atoms with Gasteiger partial charge in [0.25, 0.3) is 0 Å². The van der Waals surface area contributed by atoms with Crippen molar-refractivity contribution in [2.75, 3.05) is 18.9 Å². The van der Waals surface area contributed by atoms with Crippen molar-refractivity contribution in [3.63, 3.8) is 0 Å². The number of aromatic nitrogens is 4. The summed E-state index contributed by atoms with van der Waals surface area (Å²) in [6.45, 7) is 3.93. The predicted molar refractivity (Wildman–Crippen MR) is 138 cm³/mol. The van der Waals surface area contributed by atoms with E-state index < -0.39 is 5.60 Å². The topological polar surface area (TPSA) is 107 Å². The fourth-order valence-electron chi connectivity index (χ4n) is 5.59. The summed E-state index contributed by atoms with van der Waals surface area (Å²) in [5.74, 6) is 0.678. The maximum Gasteiger partial charge on any atom is 0.247 e. The summed E-state index contributed by atoms with van der Waals surface area (Å²) in [6.07, 6.45) is 3.31. The summed E-state index contributed by atoms with van der Waals surface area (Å²) in [4.78, 5) is 13.5. The van der Waals surface area contributed by atoms with Crippen molar-refractivity contribution in [1.29, 1.82) is 0 Å². The number of fused-ring (bicyclic) bond motifs is 1. The Labute approximate surface area is 215 Å². The van der Waals surface area contributed by atoms with Gasteiger partial charge in [0, 0.05) is 5.92 Å². The summed E-state index contributed by atoms with van der Waals surface area (Å²) in [5, 5.41) is 0. The molecule has 1 saturated heterocycles. The Bertz CT molecular complexity index is 1350. The number of nitrogen functional groups attached to an aromatic ring is 1. The molecule has 37 heavy (non-hydrogen) atoms. The first kappa shape index (κ1) is 23.8. The van der Waals surface area contributed by atoms with Crippen LogP contribution < -0.4 is 10.5 Å². The molecular weight excluding hydrogens is 470 g/mol. The smallest absolute Gasteiger partial charge is 0.247 e. The van der Waals surface area contributed by atoms with Gasteiger partial charge in [-0.15, -0.1) is 0 Å². The molecule has 6 rings (SSSR count). The number of nitrogens with two attached hydrogens (primary N) is 1. The Morgan fingerprint density at radius 1 is 1.00 bits per heavy atom. The van der Waals surface area contributed by atoms with Crippen LogP contribution in [0.2, 0.25) is 0 Å². The summed E-state index contributed by atoms with van der Waals surface area (Å²) in [6, 6.07) is 20.1. The number of ether oxygens (including phenoxy) is 4. The fourth-order valence-corrected chi connectivity index (χ4v) is 5.59. The van der Waals surface area contributed by atoms with E-state index >= 15 is 0 Å². The molecule has 9 nitrogen and oxygen atoms in total. The molecule has 9 heteroatoms. The Morgan fingerprint density at radius 3 is 2.43 bits per heavy atom. The van der Waals surface area contributed by atoms with E-state index in [0.29, 0.717) is 43.5 Å². The molecule has 2 aromatic heterocycles. The lowest BCUT2D eigenvalue weighted by Gasteiger charge is -2.35. The highest BCUT2D eigenvalue weighted by atomic mass is 16.7. The molecule has 0 radical (unpaired) electrons. The first-order valence-electron chi connectivity index (χ1n) is 12.7. The summed E-state index contributed by atoms with van der Waals surface area (Å²) in [7, 11) is 0. The van der Waals surface area contributed by atoms with Gasteiger partial charge in [0.1, 0.15) is 12.2 Å². The number of rotatable bonds is 8. The number of hydrogen-bond acceptors (Lipinski definition) is 8. The van der Waals surface area contributed by atoms with Gasteiger partial charge in [0.2, 0.25) is 11.8 Å². The zero-order valence-electron chi connectivity index (χ0n) is 20.8. The van der Waals surface area contributed by atoms with Crippen LogP contribution in [0.25, 0.3) is 11.2 Å². The maximum absolute atomic E-state index is 6.52. The van der Waals surface area contributed by atoms with Gasteiger partial charge in [-0.1, -0.05) is 60.7 Å². The van der Waals surface area contributed by atoms with Gasteiger partial charge < -0.3 is 29.2 Å². The van der Waals surface area contributed by atoms with E-state index in [1.807, 2.05) is 55.5 Å². The molecule has 2 aromatic carbocycles. The minimum Gasteiger partial charge on any atom is -0.471 e. The van der Waals surface area contributed by atoms with Gasteiger partial charge in [-0.3, -0.25) is 0 Å². The third-order valence-corrected chi connectivity index (χ3v) is 7.36. The molecule has 3 heterocycles. The van der Waals surface area contributed by atoms with Crippen molar-refractivity contribution in [3.05, 3.63) is 78.1 Å². The van der Waals surface area contributed by atoms with E-state index in [2.05, 4.69) is 31.7 Å². The molecule has 1 aliphatic heterocycles. The van der Waals surface area contributed by atoms with Gasteiger partial charge in [-0.05, 0) is 30.9 Å². The minimum atomic E-state index is -0.547. The van der Waals surface area contributed by atoms with Gasteiger partial charge >= 0.3 is 0 Å². The first-order chi connectivity index (χ1) is 18.1. The van der Waals surface area contributed by atoms with Crippen molar-refractivity contribution >= 4 is 17.1 Å². The highest BCUT2D eigenvalue weighted by molar-refractivity contribution is 5.77. The molecule has 192 valence electrons. The Morgan fingerprint density at radius 2 is 1.73 bits per heavy atom. The molecular formula is C28H31N5O4. The molecule has 2 aliphatic rings. The van der Waals surface area contributed by atoms with E-state index in [9.17, 15) is 0 Å². The second kappa shape index (κ2) is 10.1. The largest absolute Gasteiger partial charge is 0.471 e. The minimum absolute atomic E-state index is 0.0379.